The zero-order valence-corrected chi connectivity index (χ0v) is 15.4. The average molecular weight is 389 g/mol. The first-order valence-corrected chi connectivity index (χ1v) is 9.02. The molecule has 0 unspecified atom stereocenters. The van der Waals surface area contributed by atoms with Gasteiger partial charge in [0.05, 0.1) is 18.4 Å². The molecule has 2 aliphatic rings. The van der Waals surface area contributed by atoms with E-state index in [1.807, 2.05) is 0 Å². The molecule has 5 rings (SSSR count). The van der Waals surface area contributed by atoms with Crippen molar-refractivity contribution in [3.63, 3.8) is 0 Å². The molecule has 29 heavy (non-hydrogen) atoms. The molecular formula is C22H16FN3O3. The van der Waals surface area contributed by atoms with Gasteiger partial charge < -0.3 is 15.4 Å². The Bertz CT molecular complexity index is 1160. The van der Waals surface area contributed by atoms with Gasteiger partial charge in [0.1, 0.15) is 11.6 Å². The molecule has 0 aromatic heterocycles. The molecule has 1 spiro atoms. The first-order chi connectivity index (χ1) is 14.1. The molecule has 144 valence electrons. The van der Waals surface area contributed by atoms with E-state index < -0.39 is 17.4 Å². The number of halogens is 1. The standard InChI is InChI=1S/C22H16FN3O3/c1-29-18-8-4-6-16-19(18)24-21(28)22(16)25-17-7-3-2-5-15(17)20(27)26(22)14-11-9-13(23)10-12-14/h2-12,25H,1H3,(H,24,28)/t22-/m0/s1. The van der Waals surface area contributed by atoms with Crippen LogP contribution in [0.15, 0.2) is 66.7 Å². The highest BCUT2D eigenvalue weighted by Gasteiger charge is 2.57. The van der Waals surface area contributed by atoms with E-state index in [0.717, 1.165) is 0 Å². The quantitative estimate of drug-likeness (QED) is 0.701. The molecule has 0 saturated carbocycles. The van der Waals surface area contributed by atoms with E-state index in [1.165, 1.54) is 36.3 Å². The summed E-state index contributed by atoms with van der Waals surface area (Å²) < 4.78 is 19.0. The summed E-state index contributed by atoms with van der Waals surface area (Å²) in [5.74, 6) is -0.737. The van der Waals surface area contributed by atoms with Crippen LogP contribution in [0.4, 0.5) is 21.5 Å². The highest BCUT2D eigenvalue weighted by molar-refractivity contribution is 6.22. The fourth-order valence-electron chi connectivity index (χ4n) is 4.01. The van der Waals surface area contributed by atoms with Gasteiger partial charge in [-0.15, -0.1) is 0 Å². The number of fused-ring (bicyclic) bond motifs is 3. The Morgan fingerprint density at radius 1 is 0.966 bits per heavy atom. The predicted molar refractivity (Wildman–Crippen MR) is 107 cm³/mol. The first kappa shape index (κ1) is 17.2. The number of ether oxygens (including phenoxy) is 1. The number of hydrogen-bond acceptors (Lipinski definition) is 4. The van der Waals surface area contributed by atoms with Gasteiger partial charge in [-0.3, -0.25) is 14.5 Å². The lowest BCUT2D eigenvalue weighted by Gasteiger charge is -2.44. The number of carbonyl (C=O) groups excluding carboxylic acids is 2. The number of amides is 2. The second kappa shape index (κ2) is 6.07. The van der Waals surface area contributed by atoms with E-state index in [1.54, 1.807) is 42.5 Å². The number of hydrogen-bond donors (Lipinski definition) is 2. The largest absolute Gasteiger partial charge is 0.495 e. The third kappa shape index (κ3) is 2.27. The zero-order valence-electron chi connectivity index (χ0n) is 15.4. The van der Waals surface area contributed by atoms with Crippen molar-refractivity contribution < 1.29 is 18.7 Å². The van der Waals surface area contributed by atoms with Crippen molar-refractivity contribution in [2.45, 2.75) is 5.66 Å². The Labute approximate surface area is 165 Å². The third-order valence-electron chi connectivity index (χ3n) is 5.30. The minimum Gasteiger partial charge on any atom is -0.495 e. The van der Waals surface area contributed by atoms with Crippen LogP contribution in [0.25, 0.3) is 0 Å². The predicted octanol–water partition coefficient (Wildman–Crippen LogP) is 3.71. The Morgan fingerprint density at radius 2 is 1.72 bits per heavy atom. The molecule has 2 N–H and O–H groups in total. The molecule has 1 atom stereocenters. The number of anilines is 3. The molecule has 2 heterocycles. The van der Waals surface area contributed by atoms with E-state index in [2.05, 4.69) is 10.6 Å². The number of benzene rings is 3. The molecular weight excluding hydrogens is 373 g/mol. The molecule has 0 aliphatic carbocycles. The minimum absolute atomic E-state index is 0.364. The van der Waals surface area contributed by atoms with Crippen LogP contribution >= 0.6 is 0 Å². The van der Waals surface area contributed by atoms with Gasteiger partial charge in [0.2, 0.25) is 5.66 Å². The van der Waals surface area contributed by atoms with Crippen molar-refractivity contribution in [3.8, 4) is 5.75 Å². The Morgan fingerprint density at radius 3 is 2.48 bits per heavy atom. The molecule has 0 fully saturated rings. The summed E-state index contributed by atoms with van der Waals surface area (Å²) in [4.78, 5) is 28.3. The van der Waals surface area contributed by atoms with Crippen molar-refractivity contribution >= 4 is 28.9 Å². The van der Waals surface area contributed by atoms with E-state index in [-0.39, 0.29) is 5.91 Å². The van der Waals surface area contributed by atoms with Gasteiger partial charge in [-0.2, -0.15) is 0 Å². The van der Waals surface area contributed by atoms with Crippen molar-refractivity contribution in [3.05, 3.63) is 83.7 Å². The fourth-order valence-corrected chi connectivity index (χ4v) is 4.01. The number of methoxy groups -OCH3 is 1. The molecule has 3 aromatic rings. The van der Waals surface area contributed by atoms with Gasteiger partial charge in [-0.05, 0) is 42.5 Å². The topological polar surface area (TPSA) is 70.7 Å². The van der Waals surface area contributed by atoms with Crippen LogP contribution in [0, 0.1) is 5.82 Å². The second-order valence-electron chi connectivity index (χ2n) is 6.83. The lowest BCUT2D eigenvalue weighted by atomic mass is 9.92. The molecule has 6 nitrogen and oxygen atoms in total. The van der Waals surface area contributed by atoms with Gasteiger partial charge in [0, 0.05) is 16.9 Å². The Balaban J connectivity index is 1.81. The lowest BCUT2D eigenvalue weighted by molar-refractivity contribution is -0.119. The summed E-state index contributed by atoms with van der Waals surface area (Å²) in [5, 5.41) is 6.11. The number of para-hydroxylation sites is 2. The molecule has 0 saturated heterocycles. The zero-order chi connectivity index (χ0) is 20.2. The number of nitrogens with zero attached hydrogens (tertiary/aromatic N) is 1. The number of nitrogens with one attached hydrogen (secondary N) is 2. The van der Waals surface area contributed by atoms with E-state index in [9.17, 15) is 14.0 Å². The number of carbonyl (C=O) groups is 2. The molecule has 3 aromatic carbocycles. The summed E-state index contributed by atoms with van der Waals surface area (Å²) in [6.45, 7) is 0. The Hall–Kier alpha value is -3.87. The maximum Gasteiger partial charge on any atom is 0.276 e. The van der Waals surface area contributed by atoms with E-state index in [0.29, 0.717) is 33.9 Å². The summed E-state index contributed by atoms with van der Waals surface area (Å²) in [6, 6.07) is 17.7. The SMILES string of the molecule is COc1cccc2c1NC(=O)[C@]21Nc2ccccc2C(=O)N1c1ccc(F)cc1. The van der Waals surface area contributed by atoms with E-state index in [4.69, 9.17) is 4.74 Å². The summed E-state index contributed by atoms with van der Waals surface area (Å²) in [5.41, 5.74) is 0.867. The molecule has 2 amide bonds. The molecule has 2 aliphatic heterocycles. The number of rotatable bonds is 2. The van der Waals surface area contributed by atoms with Crippen LogP contribution in [0.1, 0.15) is 15.9 Å². The maximum absolute atomic E-state index is 13.6. The van der Waals surface area contributed by atoms with Crippen molar-refractivity contribution in [2.75, 3.05) is 22.6 Å². The second-order valence-corrected chi connectivity index (χ2v) is 6.83. The lowest BCUT2D eigenvalue weighted by Crippen LogP contribution is -2.61. The average Bonchev–Trinajstić information content (AvgIpc) is 3.01. The smallest absolute Gasteiger partial charge is 0.276 e. The minimum atomic E-state index is -1.53. The maximum atomic E-state index is 13.6. The van der Waals surface area contributed by atoms with Crippen LogP contribution in [0.3, 0.4) is 0 Å². The first-order valence-electron chi connectivity index (χ1n) is 9.02. The van der Waals surface area contributed by atoms with Gasteiger partial charge in [0.25, 0.3) is 11.8 Å². The van der Waals surface area contributed by atoms with Crippen molar-refractivity contribution in [2.24, 2.45) is 0 Å². The van der Waals surface area contributed by atoms with Gasteiger partial charge in [-0.25, -0.2) is 4.39 Å². The monoisotopic (exact) mass is 389 g/mol. The highest BCUT2D eigenvalue weighted by atomic mass is 19.1. The van der Waals surface area contributed by atoms with Crippen LogP contribution in [0.5, 0.6) is 5.75 Å². The van der Waals surface area contributed by atoms with Gasteiger partial charge in [0.15, 0.2) is 0 Å². The highest BCUT2D eigenvalue weighted by Crippen LogP contribution is 2.49. The molecule has 0 bridgehead atoms. The van der Waals surface area contributed by atoms with Gasteiger partial charge >= 0.3 is 0 Å². The Kier molecular flexibility index (Phi) is 3.61. The van der Waals surface area contributed by atoms with Gasteiger partial charge in [-0.1, -0.05) is 24.3 Å². The summed E-state index contributed by atoms with van der Waals surface area (Å²) >= 11 is 0. The van der Waals surface area contributed by atoms with Crippen LogP contribution in [0.2, 0.25) is 0 Å². The third-order valence-corrected chi connectivity index (χ3v) is 5.30. The van der Waals surface area contributed by atoms with Crippen molar-refractivity contribution in [1.29, 1.82) is 0 Å². The van der Waals surface area contributed by atoms with E-state index >= 15 is 0 Å². The normalized spacial score (nSPS) is 19.4. The molecule has 7 heteroatoms. The van der Waals surface area contributed by atoms with Crippen LogP contribution < -0.4 is 20.3 Å². The summed E-state index contributed by atoms with van der Waals surface area (Å²) in [6.07, 6.45) is 0. The summed E-state index contributed by atoms with van der Waals surface area (Å²) in [7, 11) is 1.51. The van der Waals surface area contributed by atoms with Crippen molar-refractivity contribution in [1.82, 2.24) is 0 Å². The van der Waals surface area contributed by atoms with Crippen LogP contribution in [-0.2, 0) is 10.5 Å². The fraction of sp³-hybridized carbons (Fsp3) is 0.0909. The van der Waals surface area contributed by atoms with Crippen LogP contribution in [-0.4, -0.2) is 18.9 Å². The molecule has 0 radical (unpaired) electrons.